The van der Waals surface area contributed by atoms with Crippen molar-refractivity contribution in [3.63, 3.8) is 0 Å². The SMILES string of the molecule is C#CCC(C(=C)C)C(=O)O. The van der Waals surface area contributed by atoms with E-state index in [9.17, 15) is 4.79 Å². The molecule has 0 saturated carbocycles. The molecule has 0 aliphatic heterocycles. The summed E-state index contributed by atoms with van der Waals surface area (Å²) in [5.74, 6) is 0.812. The number of terminal acetylenes is 1. The van der Waals surface area contributed by atoms with Crippen molar-refractivity contribution in [3.8, 4) is 12.3 Å². The van der Waals surface area contributed by atoms with E-state index in [1.54, 1.807) is 6.92 Å². The largest absolute Gasteiger partial charge is 0.481 e. The maximum absolute atomic E-state index is 10.4. The average molecular weight is 138 g/mol. The lowest BCUT2D eigenvalue weighted by atomic mass is 9.99. The number of hydrogen-bond acceptors (Lipinski definition) is 1. The topological polar surface area (TPSA) is 37.3 Å². The standard InChI is InChI=1S/C8H10O2/c1-4-5-7(6(2)3)8(9)10/h1,7H,2,5H2,3H3,(H,9,10). The van der Waals surface area contributed by atoms with Crippen LogP contribution >= 0.6 is 0 Å². The van der Waals surface area contributed by atoms with Crippen LogP contribution in [0.4, 0.5) is 0 Å². The van der Waals surface area contributed by atoms with Crippen LogP contribution in [-0.4, -0.2) is 11.1 Å². The van der Waals surface area contributed by atoms with Crippen molar-refractivity contribution < 1.29 is 9.90 Å². The van der Waals surface area contributed by atoms with Crippen molar-refractivity contribution in [2.24, 2.45) is 5.92 Å². The van der Waals surface area contributed by atoms with E-state index in [0.717, 1.165) is 0 Å². The van der Waals surface area contributed by atoms with Crippen LogP contribution in [0.25, 0.3) is 0 Å². The van der Waals surface area contributed by atoms with Gasteiger partial charge < -0.3 is 5.11 Å². The number of carboxylic acid groups (broad SMARTS) is 1. The van der Waals surface area contributed by atoms with E-state index in [2.05, 4.69) is 12.5 Å². The van der Waals surface area contributed by atoms with E-state index >= 15 is 0 Å². The van der Waals surface area contributed by atoms with Crippen LogP contribution in [0.3, 0.4) is 0 Å². The van der Waals surface area contributed by atoms with Gasteiger partial charge >= 0.3 is 5.97 Å². The first-order valence-electron chi connectivity index (χ1n) is 2.91. The summed E-state index contributed by atoms with van der Waals surface area (Å²) in [5, 5.41) is 8.52. The first-order chi connectivity index (χ1) is 4.59. The summed E-state index contributed by atoms with van der Waals surface area (Å²) < 4.78 is 0. The average Bonchev–Trinajstić information content (AvgIpc) is 1.81. The Morgan fingerprint density at radius 3 is 2.50 bits per heavy atom. The lowest BCUT2D eigenvalue weighted by Crippen LogP contribution is -2.13. The molecule has 0 aliphatic carbocycles. The number of carboxylic acids is 1. The quantitative estimate of drug-likeness (QED) is 0.471. The molecule has 0 aromatic heterocycles. The number of hydrogen-bond donors (Lipinski definition) is 1. The van der Waals surface area contributed by atoms with E-state index in [1.807, 2.05) is 0 Å². The molecule has 0 fully saturated rings. The third kappa shape index (κ3) is 2.36. The zero-order valence-electron chi connectivity index (χ0n) is 5.92. The summed E-state index contributed by atoms with van der Waals surface area (Å²) in [6, 6.07) is 0. The van der Waals surface area contributed by atoms with Crippen LogP contribution < -0.4 is 0 Å². The van der Waals surface area contributed by atoms with Gasteiger partial charge in [0, 0.05) is 6.42 Å². The molecule has 0 aliphatic rings. The van der Waals surface area contributed by atoms with Crippen LogP contribution in [-0.2, 0) is 4.79 Å². The lowest BCUT2D eigenvalue weighted by molar-refractivity contribution is -0.140. The van der Waals surface area contributed by atoms with Crippen molar-refractivity contribution in [1.82, 2.24) is 0 Å². The van der Waals surface area contributed by atoms with Gasteiger partial charge in [-0.25, -0.2) is 0 Å². The van der Waals surface area contributed by atoms with Gasteiger partial charge in [-0.1, -0.05) is 12.2 Å². The molecule has 1 unspecified atom stereocenters. The molecule has 2 heteroatoms. The third-order valence-electron chi connectivity index (χ3n) is 1.21. The Labute approximate surface area is 60.6 Å². The van der Waals surface area contributed by atoms with E-state index in [-0.39, 0.29) is 6.42 Å². The van der Waals surface area contributed by atoms with Crippen LogP contribution in [0.2, 0.25) is 0 Å². The zero-order valence-corrected chi connectivity index (χ0v) is 5.92. The molecule has 54 valence electrons. The Morgan fingerprint density at radius 1 is 1.90 bits per heavy atom. The summed E-state index contributed by atoms with van der Waals surface area (Å²) in [5.41, 5.74) is 0.602. The number of carbonyl (C=O) groups is 1. The Morgan fingerprint density at radius 2 is 2.40 bits per heavy atom. The lowest BCUT2D eigenvalue weighted by Gasteiger charge is -2.06. The second-order valence-corrected chi connectivity index (χ2v) is 2.15. The fraction of sp³-hybridized carbons (Fsp3) is 0.375. The zero-order chi connectivity index (χ0) is 8.15. The van der Waals surface area contributed by atoms with Crippen LogP contribution in [0.1, 0.15) is 13.3 Å². The smallest absolute Gasteiger partial charge is 0.311 e. The highest BCUT2D eigenvalue weighted by Crippen LogP contribution is 2.11. The minimum Gasteiger partial charge on any atom is -0.481 e. The molecule has 0 saturated heterocycles. The van der Waals surface area contributed by atoms with Crippen molar-refractivity contribution in [1.29, 1.82) is 0 Å². The highest BCUT2D eigenvalue weighted by atomic mass is 16.4. The number of aliphatic carboxylic acids is 1. The maximum Gasteiger partial charge on any atom is 0.311 e. The molecule has 10 heavy (non-hydrogen) atoms. The van der Waals surface area contributed by atoms with Crippen LogP contribution in [0, 0.1) is 18.3 Å². The predicted molar refractivity (Wildman–Crippen MR) is 39.4 cm³/mol. The van der Waals surface area contributed by atoms with Gasteiger partial charge in [-0.05, 0) is 6.92 Å². The molecule has 0 aromatic carbocycles. The molecule has 1 N–H and O–H groups in total. The van der Waals surface area contributed by atoms with Gasteiger partial charge in [0.05, 0.1) is 5.92 Å². The van der Waals surface area contributed by atoms with Crippen LogP contribution in [0.5, 0.6) is 0 Å². The van der Waals surface area contributed by atoms with Crippen LogP contribution in [0.15, 0.2) is 12.2 Å². The van der Waals surface area contributed by atoms with Gasteiger partial charge in [0.15, 0.2) is 0 Å². The molecule has 0 heterocycles. The first kappa shape index (κ1) is 8.77. The Bertz CT molecular complexity index is 172. The normalized spacial score (nSPS) is 11.6. The minimum absolute atomic E-state index is 0.227. The molecule has 0 amide bonds. The molecule has 2 nitrogen and oxygen atoms in total. The second kappa shape index (κ2) is 3.73. The number of rotatable bonds is 3. The summed E-state index contributed by atoms with van der Waals surface area (Å²) in [7, 11) is 0. The highest BCUT2D eigenvalue weighted by molar-refractivity contribution is 5.73. The molecule has 0 radical (unpaired) electrons. The minimum atomic E-state index is -0.898. The Balaban J connectivity index is 4.15. The fourth-order valence-corrected chi connectivity index (χ4v) is 0.590. The monoisotopic (exact) mass is 138 g/mol. The third-order valence-corrected chi connectivity index (χ3v) is 1.21. The Hall–Kier alpha value is -1.23. The summed E-state index contributed by atoms with van der Waals surface area (Å²) in [6.45, 7) is 5.18. The fourth-order valence-electron chi connectivity index (χ4n) is 0.590. The molecular formula is C8H10O2. The highest BCUT2D eigenvalue weighted by Gasteiger charge is 2.15. The molecule has 0 aromatic rings. The molecule has 0 spiro atoms. The van der Waals surface area contributed by atoms with Gasteiger partial charge in [-0.2, -0.15) is 0 Å². The van der Waals surface area contributed by atoms with E-state index in [1.165, 1.54) is 0 Å². The van der Waals surface area contributed by atoms with E-state index in [0.29, 0.717) is 5.57 Å². The van der Waals surface area contributed by atoms with E-state index < -0.39 is 11.9 Å². The maximum atomic E-state index is 10.4. The van der Waals surface area contributed by atoms with E-state index in [4.69, 9.17) is 11.5 Å². The van der Waals surface area contributed by atoms with Gasteiger partial charge in [0.25, 0.3) is 0 Å². The van der Waals surface area contributed by atoms with Gasteiger partial charge in [0.2, 0.25) is 0 Å². The summed E-state index contributed by atoms with van der Waals surface area (Å²) in [4.78, 5) is 10.4. The van der Waals surface area contributed by atoms with Crippen molar-refractivity contribution in [2.75, 3.05) is 0 Å². The van der Waals surface area contributed by atoms with Crippen molar-refractivity contribution in [2.45, 2.75) is 13.3 Å². The molecule has 0 rings (SSSR count). The summed E-state index contributed by atoms with van der Waals surface area (Å²) >= 11 is 0. The van der Waals surface area contributed by atoms with Crippen molar-refractivity contribution >= 4 is 5.97 Å². The molecular weight excluding hydrogens is 128 g/mol. The van der Waals surface area contributed by atoms with Gasteiger partial charge in [-0.15, -0.1) is 12.3 Å². The second-order valence-electron chi connectivity index (χ2n) is 2.15. The first-order valence-corrected chi connectivity index (χ1v) is 2.91. The van der Waals surface area contributed by atoms with Gasteiger partial charge in [0.1, 0.15) is 0 Å². The predicted octanol–water partition coefficient (Wildman–Crippen LogP) is 1.29. The van der Waals surface area contributed by atoms with Gasteiger partial charge in [-0.3, -0.25) is 4.79 Å². The molecule has 0 bridgehead atoms. The Kier molecular flexibility index (Phi) is 3.27. The van der Waals surface area contributed by atoms with Crippen molar-refractivity contribution in [3.05, 3.63) is 12.2 Å². The molecule has 1 atom stereocenters. The summed E-state index contributed by atoms with van der Waals surface area (Å²) in [6.07, 6.45) is 5.18.